The van der Waals surface area contributed by atoms with Gasteiger partial charge in [-0.15, -0.1) is 0 Å². The van der Waals surface area contributed by atoms with E-state index in [0.717, 1.165) is 6.07 Å². The summed E-state index contributed by atoms with van der Waals surface area (Å²) in [5.74, 6) is -2.00. The second kappa shape index (κ2) is 7.33. The molecule has 0 aliphatic heterocycles. The average molecular weight is 383 g/mol. The molecule has 0 fully saturated rings. The van der Waals surface area contributed by atoms with Gasteiger partial charge in [-0.1, -0.05) is 15.9 Å². The first-order valence-corrected chi connectivity index (χ1v) is 8.48. The first kappa shape index (κ1) is 18.1. The largest absolute Gasteiger partial charge is 0.502 e. The highest BCUT2D eigenvalue weighted by molar-refractivity contribution is 9.10. The predicted molar refractivity (Wildman–Crippen MR) is 80.2 cm³/mol. The minimum absolute atomic E-state index is 0.0821. The van der Waals surface area contributed by atoms with Gasteiger partial charge in [0.1, 0.15) is 5.78 Å². The first-order valence-electron chi connectivity index (χ1n) is 6.08. The number of phenolic OH excluding ortho intramolecular Hbond substituents is 1. The number of nitro groups is 1. The zero-order valence-electron chi connectivity index (χ0n) is 11.5. The normalized spacial score (nSPS) is 13.1. The van der Waals surface area contributed by atoms with Gasteiger partial charge in [0.2, 0.25) is 0 Å². The molecule has 0 aromatic heterocycles. The van der Waals surface area contributed by atoms with Crippen molar-refractivity contribution >= 4 is 29.2 Å². The van der Waals surface area contributed by atoms with Crippen LogP contribution in [0.4, 0.5) is 5.69 Å². The van der Waals surface area contributed by atoms with E-state index in [1.54, 1.807) is 13.8 Å². The van der Waals surface area contributed by atoms with Crippen LogP contribution in [0.3, 0.4) is 0 Å². The van der Waals surface area contributed by atoms with Crippen molar-refractivity contribution in [3.05, 3.63) is 32.3 Å². The smallest absolute Gasteiger partial charge is 0.351 e. The maximum absolute atomic E-state index is 12.6. The molecule has 1 aromatic carbocycles. The van der Waals surface area contributed by atoms with Crippen LogP contribution in [0, 0.1) is 10.1 Å². The van der Waals surface area contributed by atoms with E-state index < -0.39 is 29.7 Å². The number of nitrogens with two attached hydrogens (primary N) is 1. The Balaban J connectivity index is 3.37. The van der Waals surface area contributed by atoms with E-state index in [-0.39, 0.29) is 18.8 Å². The molecule has 0 aliphatic carbocycles. The average Bonchev–Trinajstić information content (AvgIpc) is 2.40. The fourth-order valence-electron chi connectivity index (χ4n) is 1.70. The lowest BCUT2D eigenvalue weighted by molar-refractivity contribution is -0.386. The molecule has 118 valence electrons. The van der Waals surface area contributed by atoms with E-state index in [1.807, 2.05) is 0 Å². The maximum Gasteiger partial charge on any atom is 0.351 e. The summed E-state index contributed by atoms with van der Waals surface area (Å²) >= 11 is 3.09. The summed E-state index contributed by atoms with van der Waals surface area (Å²) in [6.45, 7) is 3.40. The summed E-state index contributed by atoms with van der Waals surface area (Å²) in [4.78, 5) is 10.1. The molecular weight excluding hydrogens is 367 g/mol. The fraction of sp³-hybridized carbons (Fsp3) is 0.455. The number of hydrogen-bond acceptors (Lipinski definition) is 7. The minimum atomic E-state index is -3.75. The number of rotatable bonds is 7. The molecular formula is C11H16BrN2O6P. The topological polar surface area (TPSA) is 125 Å². The van der Waals surface area contributed by atoms with Crippen LogP contribution in [0.15, 0.2) is 16.6 Å². The zero-order chi connectivity index (χ0) is 16.2. The number of nitrogens with zero attached hydrogens (tertiary/aromatic N) is 1. The van der Waals surface area contributed by atoms with E-state index in [0.29, 0.717) is 4.47 Å². The molecule has 21 heavy (non-hydrogen) atoms. The van der Waals surface area contributed by atoms with Gasteiger partial charge in [-0.3, -0.25) is 14.7 Å². The lowest BCUT2D eigenvalue weighted by Crippen LogP contribution is -2.15. The number of phenols is 1. The summed E-state index contributed by atoms with van der Waals surface area (Å²) in [5.41, 5.74) is 5.24. The van der Waals surface area contributed by atoms with Crippen molar-refractivity contribution in [2.75, 3.05) is 13.2 Å². The van der Waals surface area contributed by atoms with Gasteiger partial charge >= 0.3 is 13.3 Å². The summed E-state index contributed by atoms with van der Waals surface area (Å²) in [5, 5.41) is 20.9. The predicted octanol–water partition coefficient (Wildman–Crippen LogP) is 3.29. The van der Waals surface area contributed by atoms with E-state index in [1.165, 1.54) is 6.07 Å². The van der Waals surface area contributed by atoms with Gasteiger partial charge in [-0.05, 0) is 19.9 Å². The van der Waals surface area contributed by atoms with Gasteiger partial charge in [-0.2, -0.15) is 0 Å². The lowest BCUT2D eigenvalue weighted by Gasteiger charge is -2.24. The SMILES string of the molecule is CCOP(=O)(OCC)[C@@H](N)c1cc(Br)cc([N+](=O)[O-])c1O. The molecule has 0 radical (unpaired) electrons. The van der Waals surface area contributed by atoms with Gasteiger partial charge < -0.3 is 19.9 Å². The molecule has 0 saturated carbocycles. The molecule has 1 atom stereocenters. The van der Waals surface area contributed by atoms with Crippen LogP contribution in [-0.2, 0) is 13.6 Å². The van der Waals surface area contributed by atoms with E-state index in [9.17, 15) is 19.8 Å². The van der Waals surface area contributed by atoms with E-state index in [4.69, 9.17) is 14.8 Å². The van der Waals surface area contributed by atoms with Crippen molar-refractivity contribution < 1.29 is 23.6 Å². The van der Waals surface area contributed by atoms with Crippen molar-refractivity contribution in [1.82, 2.24) is 0 Å². The number of aromatic hydroxyl groups is 1. The molecule has 3 N–H and O–H groups in total. The molecule has 1 aromatic rings. The van der Waals surface area contributed by atoms with E-state index in [2.05, 4.69) is 15.9 Å². The Morgan fingerprint density at radius 1 is 1.43 bits per heavy atom. The Labute approximate surface area is 130 Å². The quantitative estimate of drug-likeness (QED) is 0.420. The summed E-state index contributed by atoms with van der Waals surface area (Å²) in [6.07, 6.45) is 0. The van der Waals surface area contributed by atoms with Gasteiger partial charge in [0.05, 0.1) is 18.1 Å². The van der Waals surface area contributed by atoms with Crippen molar-refractivity contribution in [3.63, 3.8) is 0 Å². The van der Waals surface area contributed by atoms with Gasteiger partial charge in [0.25, 0.3) is 0 Å². The summed E-state index contributed by atoms with van der Waals surface area (Å²) in [6, 6.07) is 2.47. The number of nitro benzene ring substituents is 1. The molecule has 0 bridgehead atoms. The van der Waals surface area contributed by atoms with E-state index >= 15 is 0 Å². The van der Waals surface area contributed by atoms with Gasteiger partial charge in [0, 0.05) is 16.1 Å². The first-order chi connectivity index (χ1) is 9.76. The Kier molecular flexibility index (Phi) is 6.30. The van der Waals surface area contributed by atoms with Crippen LogP contribution in [0.2, 0.25) is 0 Å². The van der Waals surface area contributed by atoms with Crippen LogP contribution >= 0.6 is 23.5 Å². The van der Waals surface area contributed by atoms with Crippen molar-refractivity contribution in [2.45, 2.75) is 19.6 Å². The number of benzene rings is 1. The van der Waals surface area contributed by atoms with Crippen LogP contribution in [0.25, 0.3) is 0 Å². The Morgan fingerprint density at radius 3 is 2.38 bits per heavy atom. The Hall–Kier alpha value is -0.990. The van der Waals surface area contributed by atoms with Crippen LogP contribution < -0.4 is 5.73 Å². The molecule has 0 amide bonds. The molecule has 0 spiro atoms. The zero-order valence-corrected chi connectivity index (χ0v) is 14.0. The Morgan fingerprint density at radius 2 is 1.95 bits per heavy atom. The molecule has 0 unspecified atom stereocenters. The van der Waals surface area contributed by atoms with Crippen LogP contribution in [0.1, 0.15) is 25.2 Å². The fourth-order valence-corrected chi connectivity index (χ4v) is 3.81. The van der Waals surface area contributed by atoms with Gasteiger partial charge in [-0.25, -0.2) is 0 Å². The lowest BCUT2D eigenvalue weighted by atomic mass is 10.1. The third-order valence-electron chi connectivity index (χ3n) is 2.56. The maximum atomic E-state index is 12.6. The molecule has 8 nitrogen and oxygen atoms in total. The summed E-state index contributed by atoms with van der Waals surface area (Å²) in [7, 11) is -3.75. The standard InChI is InChI=1S/C11H16BrN2O6P/c1-3-19-21(18,20-4-2)11(13)8-5-7(12)6-9(10(8)15)14(16)17/h5-6,11,15H,3-4,13H2,1-2H3/t11-/m1/s1. The van der Waals surface area contributed by atoms with Crippen molar-refractivity contribution in [3.8, 4) is 5.75 Å². The third kappa shape index (κ3) is 4.02. The third-order valence-corrected chi connectivity index (χ3v) is 5.21. The highest BCUT2D eigenvalue weighted by atomic mass is 79.9. The highest BCUT2D eigenvalue weighted by Crippen LogP contribution is 2.60. The molecule has 1 rings (SSSR count). The minimum Gasteiger partial charge on any atom is -0.502 e. The van der Waals surface area contributed by atoms with Crippen molar-refractivity contribution in [2.24, 2.45) is 5.73 Å². The second-order valence-corrected chi connectivity index (χ2v) is 7.01. The van der Waals surface area contributed by atoms with Crippen LogP contribution in [-0.4, -0.2) is 23.2 Å². The Bertz CT molecular complexity index is 572. The summed E-state index contributed by atoms with van der Waals surface area (Å²) < 4.78 is 23.1. The molecule has 0 heterocycles. The number of halogens is 1. The molecule has 0 aliphatic rings. The molecule has 10 heteroatoms. The second-order valence-electron chi connectivity index (χ2n) is 3.94. The van der Waals surface area contributed by atoms with Crippen LogP contribution in [0.5, 0.6) is 5.75 Å². The van der Waals surface area contributed by atoms with Crippen molar-refractivity contribution in [1.29, 1.82) is 0 Å². The number of hydrogen-bond donors (Lipinski definition) is 2. The monoisotopic (exact) mass is 382 g/mol. The molecule has 0 saturated heterocycles. The highest BCUT2D eigenvalue weighted by Gasteiger charge is 2.37. The van der Waals surface area contributed by atoms with Gasteiger partial charge in [0.15, 0.2) is 5.75 Å².